The quantitative estimate of drug-likeness (QED) is 0.221. The lowest BCUT2D eigenvalue weighted by Crippen LogP contribution is -2.50. The van der Waals surface area contributed by atoms with Crippen LogP contribution in [0.15, 0.2) is 109 Å². The number of benzene rings is 4. The summed E-state index contributed by atoms with van der Waals surface area (Å²) in [5.41, 5.74) is 4.01. The molecule has 0 N–H and O–H groups in total. The second-order valence-corrected chi connectivity index (χ2v) is 11.3. The van der Waals surface area contributed by atoms with Crippen LogP contribution in [0.4, 0.5) is 8.78 Å². The number of piperazine rings is 1. The van der Waals surface area contributed by atoms with Crippen LogP contribution < -0.4 is 0 Å². The molecule has 0 amide bonds. The van der Waals surface area contributed by atoms with Gasteiger partial charge in [-0.05, 0) is 67.4 Å². The van der Waals surface area contributed by atoms with Gasteiger partial charge in [-0.3, -0.25) is 9.80 Å². The number of nitrogens with zero attached hydrogens (tertiary/aromatic N) is 10. The number of halogens is 2. The summed E-state index contributed by atoms with van der Waals surface area (Å²) in [5, 5.41) is 25.7. The molecule has 1 saturated heterocycles. The number of hydrogen-bond donors (Lipinski definition) is 0. The molecule has 1 fully saturated rings. The molecule has 2 aromatic heterocycles. The maximum absolute atomic E-state index is 13.6. The van der Waals surface area contributed by atoms with E-state index < -0.39 is 0 Å². The molecule has 4 aromatic carbocycles. The molecule has 2 atom stereocenters. The Hall–Kier alpha value is -5.20. The molecule has 0 saturated carbocycles. The third-order valence-corrected chi connectivity index (χ3v) is 8.41. The minimum atomic E-state index is -0.279. The molecule has 0 unspecified atom stereocenters. The highest BCUT2D eigenvalue weighted by Crippen LogP contribution is 2.32. The monoisotopic (exact) mass is 618 g/mol. The standard InChI is InChI=1S/C34H32F2N10/c35-29-15-11-25(12-16-29)23-45-33(37-39-41-45)31(27-7-3-1-4-8-27)43-19-21-44(22-20-43)32(28-9-5-2-6-10-28)34-38-40-42-46(34)24-26-13-17-30(36)18-14-26/h1-18,31-32H,19-24H2/t31-,32-/m1/s1. The molecule has 0 spiro atoms. The van der Waals surface area contributed by atoms with E-state index in [2.05, 4.69) is 65.1 Å². The van der Waals surface area contributed by atoms with Gasteiger partial charge in [0, 0.05) is 26.2 Å². The molecule has 7 rings (SSSR count). The lowest BCUT2D eigenvalue weighted by molar-refractivity contribution is 0.0825. The van der Waals surface area contributed by atoms with E-state index >= 15 is 0 Å². The molecule has 3 heterocycles. The van der Waals surface area contributed by atoms with Gasteiger partial charge in [-0.2, -0.15) is 0 Å². The van der Waals surface area contributed by atoms with Gasteiger partial charge in [0.2, 0.25) is 0 Å². The van der Waals surface area contributed by atoms with Gasteiger partial charge in [-0.1, -0.05) is 84.9 Å². The van der Waals surface area contributed by atoms with Crippen molar-refractivity contribution in [1.29, 1.82) is 0 Å². The molecule has 46 heavy (non-hydrogen) atoms. The predicted molar refractivity (Wildman–Crippen MR) is 166 cm³/mol. The summed E-state index contributed by atoms with van der Waals surface area (Å²) in [4.78, 5) is 4.81. The fourth-order valence-electron chi connectivity index (χ4n) is 6.14. The number of tetrazole rings is 2. The van der Waals surface area contributed by atoms with E-state index in [0.29, 0.717) is 13.1 Å². The maximum Gasteiger partial charge on any atom is 0.173 e. The van der Waals surface area contributed by atoms with E-state index in [0.717, 1.165) is 60.1 Å². The maximum atomic E-state index is 13.6. The first-order valence-electron chi connectivity index (χ1n) is 15.2. The first kappa shape index (κ1) is 29.5. The van der Waals surface area contributed by atoms with E-state index in [1.54, 1.807) is 33.6 Å². The van der Waals surface area contributed by atoms with Gasteiger partial charge in [0.05, 0.1) is 25.2 Å². The van der Waals surface area contributed by atoms with Gasteiger partial charge in [0.15, 0.2) is 11.6 Å². The summed E-state index contributed by atoms with van der Waals surface area (Å²) in [7, 11) is 0. The van der Waals surface area contributed by atoms with Gasteiger partial charge in [0.25, 0.3) is 0 Å². The van der Waals surface area contributed by atoms with Crippen molar-refractivity contribution >= 4 is 0 Å². The van der Waals surface area contributed by atoms with Crippen molar-refractivity contribution in [1.82, 2.24) is 50.2 Å². The lowest BCUT2D eigenvalue weighted by atomic mass is 10.0. The van der Waals surface area contributed by atoms with Crippen molar-refractivity contribution in [3.05, 3.63) is 155 Å². The van der Waals surface area contributed by atoms with Gasteiger partial charge in [-0.25, -0.2) is 18.1 Å². The average Bonchev–Trinajstić information content (AvgIpc) is 3.75. The van der Waals surface area contributed by atoms with Crippen molar-refractivity contribution < 1.29 is 8.78 Å². The normalized spacial score (nSPS) is 15.5. The van der Waals surface area contributed by atoms with Gasteiger partial charge >= 0.3 is 0 Å². The summed E-state index contributed by atoms with van der Waals surface area (Å²) in [5.74, 6) is 0.900. The van der Waals surface area contributed by atoms with Crippen LogP contribution in [0.3, 0.4) is 0 Å². The fourth-order valence-corrected chi connectivity index (χ4v) is 6.14. The zero-order valence-corrected chi connectivity index (χ0v) is 25.0. The Morgan fingerprint density at radius 1 is 0.500 bits per heavy atom. The zero-order chi connectivity index (χ0) is 31.3. The van der Waals surface area contributed by atoms with E-state index in [1.807, 2.05) is 36.4 Å². The van der Waals surface area contributed by atoms with Crippen LogP contribution in [0.2, 0.25) is 0 Å². The molecule has 232 valence electrons. The highest BCUT2D eigenvalue weighted by Gasteiger charge is 2.35. The highest BCUT2D eigenvalue weighted by molar-refractivity contribution is 5.28. The molecule has 6 aromatic rings. The molecular formula is C34H32F2N10. The minimum Gasteiger partial charge on any atom is -0.287 e. The van der Waals surface area contributed by atoms with Gasteiger partial charge < -0.3 is 0 Å². The molecule has 10 nitrogen and oxygen atoms in total. The van der Waals surface area contributed by atoms with Crippen LogP contribution in [-0.4, -0.2) is 76.4 Å². The van der Waals surface area contributed by atoms with Crippen LogP contribution >= 0.6 is 0 Å². The summed E-state index contributed by atoms with van der Waals surface area (Å²) in [6, 6.07) is 33.0. The van der Waals surface area contributed by atoms with E-state index in [9.17, 15) is 8.78 Å². The predicted octanol–water partition coefficient (Wildman–Crippen LogP) is 4.53. The summed E-state index contributed by atoms with van der Waals surface area (Å²) in [6.45, 7) is 3.83. The minimum absolute atomic E-state index is 0.183. The Kier molecular flexibility index (Phi) is 8.61. The average molecular weight is 619 g/mol. The van der Waals surface area contributed by atoms with Crippen molar-refractivity contribution in [3.8, 4) is 0 Å². The van der Waals surface area contributed by atoms with Gasteiger partial charge in [-0.15, -0.1) is 10.2 Å². The smallest absolute Gasteiger partial charge is 0.173 e. The Bertz CT molecular complexity index is 1700. The van der Waals surface area contributed by atoms with Crippen molar-refractivity contribution in [2.75, 3.05) is 26.2 Å². The molecule has 0 aliphatic carbocycles. The molecule has 0 radical (unpaired) electrons. The Morgan fingerprint density at radius 2 is 0.870 bits per heavy atom. The number of aromatic nitrogens is 8. The third kappa shape index (κ3) is 6.44. The summed E-state index contributed by atoms with van der Waals surface area (Å²) >= 11 is 0. The SMILES string of the molecule is Fc1ccc(Cn2nnnc2[C@@H](c2ccccc2)N2CCN([C@H](c3ccccc3)c3nnnn3Cc3ccc(F)cc3)CC2)cc1. The van der Waals surface area contributed by atoms with Gasteiger partial charge in [0.1, 0.15) is 11.6 Å². The third-order valence-electron chi connectivity index (χ3n) is 8.41. The highest BCUT2D eigenvalue weighted by atomic mass is 19.1. The van der Waals surface area contributed by atoms with Crippen LogP contribution in [0.25, 0.3) is 0 Å². The molecule has 1 aliphatic heterocycles. The topological polar surface area (TPSA) is 93.7 Å². The van der Waals surface area contributed by atoms with Crippen molar-refractivity contribution in [2.45, 2.75) is 25.2 Å². The van der Waals surface area contributed by atoms with E-state index in [4.69, 9.17) is 0 Å². The second kappa shape index (κ2) is 13.4. The first-order valence-corrected chi connectivity index (χ1v) is 15.2. The van der Waals surface area contributed by atoms with Crippen molar-refractivity contribution in [3.63, 3.8) is 0 Å². The summed E-state index contributed by atoms with van der Waals surface area (Å²) < 4.78 is 30.7. The molecule has 0 bridgehead atoms. The first-order chi connectivity index (χ1) is 22.6. The van der Waals surface area contributed by atoms with E-state index in [-0.39, 0.29) is 23.7 Å². The fraction of sp³-hybridized carbons (Fsp3) is 0.235. The Balaban J connectivity index is 1.16. The molecular weight excluding hydrogens is 586 g/mol. The Morgan fingerprint density at radius 3 is 1.24 bits per heavy atom. The number of hydrogen-bond acceptors (Lipinski definition) is 8. The summed E-state index contributed by atoms with van der Waals surface area (Å²) in [6.07, 6.45) is 0. The van der Waals surface area contributed by atoms with Crippen LogP contribution in [-0.2, 0) is 13.1 Å². The zero-order valence-electron chi connectivity index (χ0n) is 25.0. The van der Waals surface area contributed by atoms with Crippen LogP contribution in [0.1, 0.15) is 46.0 Å². The molecule has 12 heteroatoms. The molecule has 1 aliphatic rings. The second-order valence-electron chi connectivity index (χ2n) is 11.3. The van der Waals surface area contributed by atoms with Crippen molar-refractivity contribution in [2.24, 2.45) is 0 Å². The van der Waals surface area contributed by atoms with Crippen LogP contribution in [0.5, 0.6) is 0 Å². The lowest BCUT2D eigenvalue weighted by Gasteiger charge is -2.41. The van der Waals surface area contributed by atoms with Crippen LogP contribution in [0, 0.1) is 11.6 Å². The largest absolute Gasteiger partial charge is 0.287 e. The number of rotatable bonds is 10. The van der Waals surface area contributed by atoms with E-state index in [1.165, 1.54) is 24.3 Å². The Labute approximate surface area is 264 Å².